The van der Waals surface area contributed by atoms with Gasteiger partial charge in [0.2, 0.25) is 0 Å². The van der Waals surface area contributed by atoms with E-state index in [1.54, 1.807) is 0 Å². The van der Waals surface area contributed by atoms with Gasteiger partial charge in [-0.3, -0.25) is 4.90 Å². The average molecular weight is 194 g/mol. The maximum absolute atomic E-state index is 5.79. The predicted octanol–water partition coefficient (Wildman–Crippen LogP) is 1.46. The minimum atomic E-state index is 0.571. The molecule has 0 amide bonds. The van der Waals surface area contributed by atoms with Crippen molar-refractivity contribution >= 4 is 0 Å². The third-order valence-electron chi connectivity index (χ3n) is 3.34. The van der Waals surface area contributed by atoms with Gasteiger partial charge in [-0.2, -0.15) is 0 Å². The number of piperidine rings is 1. The first-order chi connectivity index (χ1) is 6.81. The van der Waals surface area contributed by atoms with E-state index in [1.165, 1.54) is 25.8 Å². The summed E-state index contributed by atoms with van der Waals surface area (Å²) in [5.74, 6) is 3.58. The van der Waals surface area contributed by atoms with Gasteiger partial charge in [-0.15, -0.1) is 12.3 Å². The van der Waals surface area contributed by atoms with E-state index in [9.17, 15) is 0 Å². The largest absolute Gasteiger partial charge is 0.329 e. The van der Waals surface area contributed by atoms with Crippen LogP contribution in [0.15, 0.2) is 0 Å². The minimum Gasteiger partial charge on any atom is -0.329 e. The molecule has 2 atom stereocenters. The zero-order chi connectivity index (χ0) is 10.4. The van der Waals surface area contributed by atoms with Gasteiger partial charge in [-0.1, -0.05) is 13.3 Å². The Bertz CT molecular complexity index is 195. The molecule has 0 radical (unpaired) electrons. The van der Waals surface area contributed by atoms with Gasteiger partial charge in [0.25, 0.3) is 0 Å². The summed E-state index contributed by atoms with van der Waals surface area (Å²) in [4.78, 5) is 2.46. The SMILES string of the molecule is C#CCCN1CCC(CC)CC1CN. The van der Waals surface area contributed by atoms with E-state index in [-0.39, 0.29) is 0 Å². The summed E-state index contributed by atoms with van der Waals surface area (Å²) in [5, 5.41) is 0. The van der Waals surface area contributed by atoms with Crippen molar-refractivity contribution in [2.45, 2.75) is 38.6 Å². The molecule has 14 heavy (non-hydrogen) atoms. The molecule has 1 saturated heterocycles. The van der Waals surface area contributed by atoms with Gasteiger partial charge in [-0.05, 0) is 25.3 Å². The van der Waals surface area contributed by atoms with Crippen molar-refractivity contribution in [1.29, 1.82) is 0 Å². The van der Waals surface area contributed by atoms with Crippen LogP contribution in [0.2, 0.25) is 0 Å². The standard InChI is InChI=1S/C12H22N2/c1-3-5-7-14-8-6-11(4-2)9-12(14)10-13/h1,11-12H,4-10,13H2,2H3. The zero-order valence-corrected chi connectivity index (χ0v) is 9.21. The Hall–Kier alpha value is -0.520. The molecule has 0 aromatic carbocycles. The highest BCUT2D eigenvalue weighted by Crippen LogP contribution is 2.24. The number of terminal acetylenes is 1. The first-order valence-electron chi connectivity index (χ1n) is 5.69. The molecule has 0 aromatic heterocycles. The van der Waals surface area contributed by atoms with Crippen molar-refractivity contribution in [3.8, 4) is 12.3 Å². The molecule has 0 spiro atoms. The van der Waals surface area contributed by atoms with Crippen molar-refractivity contribution in [2.24, 2.45) is 11.7 Å². The van der Waals surface area contributed by atoms with Crippen LogP contribution in [0, 0.1) is 18.3 Å². The fourth-order valence-electron chi connectivity index (χ4n) is 2.30. The second-order valence-corrected chi connectivity index (χ2v) is 4.18. The lowest BCUT2D eigenvalue weighted by atomic mass is 9.89. The van der Waals surface area contributed by atoms with E-state index >= 15 is 0 Å². The highest BCUT2D eigenvalue weighted by molar-refractivity contribution is 4.88. The maximum Gasteiger partial charge on any atom is 0.0221 e. The van der Waals surface area contributed by atoms with E-state index in [2.05, 4.69) is 17.7 Å². The van der Waals surface area contributed by atoms with Crippen molar-refractivity contribution < 1.29 is 0 Å². The Labute approximate surface area is 87.8 Å². The number of nitrogens with zero attached hydrogens (tertiary/aromatic N) is 1. The Kier molecular flexibility index (Phi) is 5.00. The lowest BCUT2D eigenvalue weighted by Gasteiger charge is -2.38. The van der Waals surface area contributed by atoms with E-state index in [0.717, 1.165) is 25.4 Å². The molecule has 0 saturated carbocycles. The third kappa shape index (κ3) is 3.01. The van der Waals surface area contributed by atoms with Crippen LogP contribution in [0.4, 0.5) is 0 Å². The zero-order valence-electron chi connectivity index (χ0n) is 9.21. The van der Waals surface area contributed by atoms with E-state index in [1.807, 2.05) is 0 Å². The van der Waals surface area contributed by atoms with E-state index < -0.39 is 0 Å². The molecule has 80 valence electrons. The van der Waals surface area contributed by atoms with Crippen LogP contribution in [-0.2, 0) is 0 Å². The number of nitrogens with two attached hydrogens (primary N) is 1. The fraction of sp³-hybridized carbons (Fsp3) is 0.833. The number of hydrogen-bond acceptors (Lipinski definition) is 2. The minimum absolute atomic E-state index is 0.571. The molecule has 1 aliphatic heterocycles. The Balaban J connectivity index is 2.40. The lowest BCUT2D eigenvalue weighted by Crippen LogP contribution is -2.46. The summed E-state index contributed by atoms with van der Waals surface area (Å²) in [7, 11) is 0. The quantitative estimate of drug-likeness (QED) is 0.687. The van der Waals surface area contributed by atoms with Crippen molar-refractivity contribution in [2.75, 3.05) is 19.6 Å². The van der Waals surface area contributed by atoms with Crippen LogP contribution in [0.3, 0.4) is 0 Å². The highest BCUT2D eigenvalue weighted by Gasteiger charge is 2.25. The summed E-state index contributed by atoms with van der Waals surface area (Å²) in [6.07, 6.45) is 10.0. The van der Waals surface area contributed by atoms with E-state index in [4.69, 9.17) is 12.2 Å². The number of likely N-dealkylation sites (tertiary alicyclic amines) is 1. The molecule has 1 heterocycles. The van der Waals surface area contributed by atoms with Crippen molar-refractivity contribution in [3.63, 3.8) is 0 Å². The first kappa shape index (κ1) is 11.6. The molecule has 1 fully saturated rings. The average Bonchev–Trinajstić information content (AvgIpc) is 2.26. The maximum atomic E-state index is 5.79. The monoisotopic (exact) mass is 194 g/mol. The summed E-state index contributed by atoms with van der Waals surface area (Å²) in [5.41, 5.74) is 5.79. The normalized spacial score (nSPS) is 28.6. The van der Waals surface area contributed by atoms with Gasteiger partial charge in [0.1, 0.15) is 0 Å². The molecule has 2 nitrogen and oxygen atoms in total. The molecule has 1 aliphatic rings. The molecule has 2 N–H and O–H groups in total. The molecule has 0 aliphatic carbocycles. The second-order valence-electron chi connectivity index (χ2n) is 4.18. The summed E-state index contributed by atoms with van der Waals surface area (Å²) >= 11 is 0. The van der Waals surface area contributed by atoms with Gasteiger partial charge in [0.05, 0.1) is 0 Å². The first-order valence-corrected chi connectivity index (χ1v) is 5.69. The Morgan fingerprint density at radius 2 is 2.36 bits per heavy atom. The molecule has 2 heteroatoms. The van der Waals surface area contributed by atoms with Crippen LogP contribution < -0.4 is 5.73 Å². The molecule has 2 unspecified atom stereocenters. The summed E-state index contributed by atoms with van der Waals surface area (Å²) in [6, 6.07) is 0.571. The second kappa shape index (κ2) is 6.06. The van der Waals surface area contributed by atoms with Crippen LogP contribution in [0.1, 0.15) is 32.6 Å². The van der Waals surface area contributed by atoms with Crippen LogP contribution in [0.25, 0.3) is 0 Å². The van der Waals surface area contributed by atoms with Gasteiger partial charge in [0, 0.05) is 25.6 Å². The molecular formula is C12H22N2. The molecule has 1 rings (SSSR count). The van der Waals surface area contributed by atoms with Gasteiger partial charge >= 0.3 is 0 Å². The number of rotatable bonds is 4. The molecule has 0 aromatic rings. The third-order valence-corrected chi connectivity index (χ3v) is 3.34. The Morgan fingerprint density at radius 3 is 2.93 bits per heavy atom. The molecule has 0 bridgehead atoms. The van der Waals surface area contributed by atoms with Crippen molar-refractivity contribution in [3.05, 3.63) is 0 Å². The van der Waals surface area contributed by atoms with Gasteiger partial charge in [-0.25, -0.2) is 0 Å². The van der Waals surface area contributed by atoms with Crippen LogP contribution in [-0.4, -0.2) is 30.6 Å². The lowest BCUT2D eigenvalue weighted by molar-refractivity contribution is 0.117. The van der Waals surface area contributed by atoms with Crippen LogP contribution in [0.5, 0.6) is 0 Å². The smallest absolute Gasteiger partial charge is 0.0221 e. The predicted molar refractivity (Wildman–Crippen MR) is 60.9 cm³/mol. The Morgan fingerprint density at radius 1 is 1.57 bits per heavy atom. The highest BCUT2D eigenvalue weighted by atomic mass is 15.2. The molecular weight excluding hydrogens is 172 g/mol. The van der Waals surface area contributed by atoms with Crippen LogP contribution >= 0.6 is 0 Å². The van der Waals surface area contributed by atoms with Crippen molar-refractivity contribution in [1.82, 2.24) is 4.90 Å². The van der Waals surface area contributed by atoms with Gasteiger partial charge in [0.15, 0.2) is 0 Å². The topological polar surface area (TPSA) is 29.3 Å². The van der Waals surface area contributed by atoms with Gasteiger partial charge < -0.3 is 5.73 Å². The number of hydrogen-bond donors (Lipinski definition) is 1. The van der Waals surface area contributed by atoms with E-state index in [0.29, 0.717) is 6.04 Å². The summed E-state index contributed by atoms with van der Waals surface area (Å²) < 4.78 is 0. The fourth-order valence-corrected chi connectivity index (χ4v) is 2.30. The summed E-state index contributed by atoms with van der Waals surface area (Å²) in [6.45, 7) is 5.26.